The Labute approximate surface area is 187 Å². The minimum Gasteiger partial charge on any atom is -0.489 e. The summed E-state index contributed by atoms with van der Waals surface area (Å²) >= 11 is 0. The van der Waals surface area contributed by atoms with Crippen LogP contribution in [0.4, 0.5) is 5.69 Å². The highest BCUT2D eigenvalue weighted by atomic mass is 16.5. The van der Waals surface area contributed by atoms with Crippen molar-refractivity contribution in [2.24, 2.45) is 0 Å². The van der Waals surface area contributed by atoms with Crippen LogP contribution in [0.25, 0.3) is 16.8 Å². The third-order valence-corrected chi connectivity index (χ3v) is 5.14. The summed E-state index contributed by atoms with van der Waals surface area (Å²) in [5.41, 5.74) is 3.65. The lowest BCUT2D eigenvalue weighted by Crippen LogP contribution is -2.13. The smallest absolute Gasteiger partial charge is 0.266 e. The summed E-state index contributed by atoms with van der Waals surface area (Å²) in [6, 6.07) is 31.1. The molecule has 0 spiro atoms. The van der Waals surface area contributed by atoms with E-state index in [-0.39, 0.29) is 5.57 Å². The van der Waals surface area contributed by atoms with Crippen molar-refractivity contribution in [1.29, 1.82) is 5.26 Å². The van der Waals surface area contributed by atoms with Gasteiger partial charge in [0.1, 0.15) is 24.0 Å². The molecule has 1 amide bonds. The fourth-order valence-corrected chi connectivity index (χ4v) is 3.39. The Kier molecular flexibility index (Phi) is 6.29. The quantitative estimate of drug-likeness (QED) is 0.296. The molecule has 0 heterocycles. The summed E-state index contributed by atoms with van der Waals surface area (Å²) in [4.78, 5) is 12.4. The molecular weight excluding hydrogens is 396 g/mol. The molecule has 0 unspecified atom stereocenters. The number of benzene rings is 4. The zero-order chi connectivity index (χ0) is 22.3. The summed E-state index contributed by atoms with van der Waals surface area (Å²) < 4.78 is 5.96. The number of hydrogen-bond acceptors (Lipinski definition) is 3. The van der Waals surface area contributed by atoms with Crippen LogP contribution in [0.15, 0.2) is 96.6 Å². The van der Waals surface area contributed by atoms with Crippen LogP contribution in [-0.4, -0.2) is 5.91 Å². The number of ether oxygens (including phenoxy) is 1. The summed E-state index contributed by atoms with van der Waals surface area (Å²) in [5, 5.41) is 14.5. The lowest BCUT2D eigenvalue weighted by atomic mass is 10.1. The van der Waals surface area contributed by atoms with Gasteiger partial charge in [0, 0.05) is 5.69 Å². The van der Waals surface area contributed by atoms with Crippen LogP contribution in [0.1, 0.15) is 16.7 Å². The largest absolute Gasteiger partial charge is 0.489 e. The first-order valence-corrected chi connectivity index (χ1v) is 10.3. The van der Waals surface area contributed by atoms with E-state index in [0.29, 0.717) is 12.3 Å². The molecule has 0 aromatic heterocycles. The Morgan fingerprint density at radius 2 is 1.66 bits per heavy atom. The normalized spacial score (nSPS) is 11.1. The minimum absolute atomic E-state index is 0.0370. The lowest BCUT2D eigenvalue weighted by Gasteiger charge is -2.09. The predicted octanol–water partition coefficient (Wildman–Crippen LogP) is 6.27. The topological polar surface area (TPSA) is 62.1 Å². The Hall–Kier alpha value is -4.36. The molecule has 32 heavy (non-hydrogen) atoms. The number of nitriles is 1. The van der Waals surface area contributed by atoms with E-state index in [1.165, 1.54) is 10.8 Å². The predicted molar refractivity (Wildman–Crippen MR) is 128 cm³/mol. The van der Waals surface area contributed by atoms with Gasteiger partial charge in [0.05, 0.1) is 0 Å². The molecule has 4 heteroatoms. The van der Waals surface area contributed by atoms with E-state index in [9.17, 15) is 10.1 Å². The molecule has 0 aliphatic carbocycles. The number of aryl methyl sites for hydroxylation is 1. The van der Waals surface area contributed by atoms with Crippen molar-refractivity contribution in [2.75, 3.05) is 5.32 Å². The maximum absolute atomic E-state index is 12.4. The summed E-state index contributed by atoms with van der Waals surface area (Å²) in [6.07, 6.45) is 1.57. The highest BCUT2D eigenvalue weighted by Gasteiger charge is 2.09. The fourth-order valence-electron chi connectivity index (χ4n) is 3.39. The molecule has 0 saturated carbocycles. The second kappa shape index (κ2) is 9.63. The van der Waals surface area contributed by atoms with Gasteiger partial charge in [-0.05, 0) is 59.2 Å². The van der Waals surface area contributed by atoms with E-state index >= 15 is 0 Å². The number of hydrogen-bond donors (Lipinski definition) is 1. The molecule has 1 N–H and O–H groups in total. The summed E-state index contributed by atoms with van der Waals surface area (Å²) in [5.74, 6) is 0.283. The van der Waals surface area contributed by atoms with Crippen LogP contribution in [0, 0.1) is 18.3 Å². The SMILES string of the molecule is Cc1ccc(NC(=O)/C(C#N)=C\c2ccc(OCc3cccc4ccccc34)cc2)cc1. The van der Waals surface area contributed by atoms with Gasteiger partial charge in [-0.25, -0.2) is 0 Å². The van der Waals surface area contributed by atoms with Gasteiger partial charge in [-0.3, -0.25) is 4.79 Å². The van der Waals surface area contributed by atoms with Gasteiger partial charge in [0.15, 0.2) is 0 Å². The van der Waals surface area contributed by atoms with E-state index in [0.717, 1.165) is 22.4 Å². The number of nitrogens with zero attached hydrogens (tertiary/aromatic N) is 1. The second-order valence-electron chi connectivity index (χ2n) is 7.49. The number of anilines is 1. The number of amides is 1. The number of rotatable bonds is 6. The zero-order valence-electron chi connectivity index (χ0n) is 17.7. The molecule has 0 aliphatic rings. The minimum atomic E-state index is -0.437. The molecular formula is C28H22N2O2. The van der Waals surface area contributed by atoms with Crippen LogP contribution in [0.5, 0.6) is 5.75 Å². The molecule has 4 aromatic rings. The molecule has 0 radical (unpaired) electrons. The third-order valence-electron chi connectivity index (χ3n) is 5.14. The van der Waals surface area contributed by atoms with Gasteiger partial charge >= 0.3 is 0 Å². The standard InChI is InChI=1S/C28H22N2O2/c1-20-9-13-25(14-10-20)30-28(31)24(18-29)17-21-11-15-26(16-12-21)32-19-23-7-4-6-22-5-2-3-8-27(22)23/h2-17H,19H2,1H3,(H,30,31)/b24-17-. The molecule has 4 aromatic carbocycles. The van der Waals surface area contributed by atoms with Crippen LogP contribution in [-0.2, 0) is 11.4 Å². The van der Waals surface area contributed by atoms with Crippen LogP contribution in [0.3, 0.4) is 0 Å². The first-order valence-electron chi connectivity index (χ1n) is 10.3. The van der Waals surface area contributed by atoms with Crippen molar-refractivity contribution in [3.05, 3.63) is 113 Å². The second-order valence-corrected chi connectivity index (χ2v) is 7.49. The van der Waals surface area contributed by atoms with Crippen molar-refractivity contribution in [3.63, 3.8) is 0 Å². The first-order chi connectivity index (χ1) is 15.6. The Balaban J connectivity index is 1.43. The first kappa shape index (κ1) is 20.9. The number of nitrogens with one attached hydrogen (secondary N) is 1. The van der Waals surface area contributed by atoms with Gasteiger partial charge in [-0.2, -0.15) is 5.26 Å². The molecule has 0 saturated heterocycles. The van der Waals surface area contributed by atoms with Crippen LogP contribution >= 0.6 is 0 Å². The van der Waals surface area contributed by atoms with Gasteiger partial charge < -0.3 is 10.1 Å². The van der Waals surface area contributed by atoms with Crippen molar-refractivity contribution < 1.29 is 9.53 Å². The summed E-state index contributed by atoms with van der Waals surface area (Å²) in [6.45, 7) is 2.43. The Morgan fingerprint density at radius 1 is 0.938 bits per heavy atom. The third kappa shape index (κ3) is 5.03. The van der Waals surface area contributed by atoms with Gasteiger partial charge in [-0.15, -0.1) is 0 Å². The maximum atomic E-state index is 12.4. The fraction of sp³-hybridized carbons (Fsp3) is 0.0714. The molecule has 4 rings (SSSR count). The van der Waals surface area contributed by atoms with E-state index in [1.807, 2.05) is 79.7 Å². The van der Waals surface area contributed by atoms with Crippen molar-refractivity contribution in [2.45, 2.75) is 13.5 Å². The molecule has 0 fully saturated rings. The van der Waals surface area contributed by atoms with Gasteiger partial charge in [-0.1, -0.05) is 72.3 Å². The zero-order valence-corrected chi connectivity index (χ0v) is 17.7. The van der Waals surface area contributed by atoms with Crippen LogP contribution < -0.4 is 10.1 Å². The maximum Gasteiger partial charge on any atom is 0.266 e. The summed E-state index contributed by atoms with van der Waals surface area (Å²) in [7, 11) is 0. The van der Waals surface area contributed by atoms with E-state index in [4.69, 9.17) is 4.74 Å². The highest BCUT2D eigenvalue weighted by molar-refractivity contribution is 6.09. The molecule has 0 aliphatic heterocycles. The number of carbonyl (C=O) groups is 1. The van der Waals surface area contributed by atoms with Gasteiger partial charge in [0.25, 0.3) is 5.91 Å². The monoisotopic (exact) mass is 418 g/mol. The Bertz CT molecular complexity index is 1310. The average molecular weight is 418 g/mol. The Morgan fingerprint density at radius 3 is 2.41 bits per heavy atom. The van der Waals surface area contributed by atoms with Crippen LogP contribution in [0.2, 0.25) is 0 Å². The molecule has 4 nitrogen and oxygen atoms in total. The molecule has 0 atom stereocenters. The number of carbonyl (C=O) groups excluding carboxylic acids is 1. The van der Waals surface area contributed by atoms with E-state index < -0.39 is 5.91 Å². The van der Waals surface area contributed by atoms with Crippen molar-refractivity contribution >= 4 is 28.4 Å². The highest BCUT2D eigenvalue weighted by Crippen LogP contribution is 2.21. The molecule has 156 valence electrons. The van der Waals surface area contributed by atoms with E-state index in [1.54, 1.807) is 6.08 Å². The average Bonchev–Trinajstić information content (AvgIpc) is 2.83. The van der Waals surface area contributed by atoms with Crippen molar-refractivity contribution in [1.82, 2.24) is 0 Å². The van der Waals surface area contributed by atoms with Crippen molar-refractivity contribution in [3.8, 4) is 11.8 Å². The van der Waals surface area contributed by atoms with Gasteiger partial charge in [0.2, 0.25) is 0 Å². The number of fused-ring (bicyclic) bond motifs is 1. The van der Waals surface area contributed by atoms with E-state index in [2.05, 4.69) is 29.6 Å². The molecule has 0 bridgehead atoms. The lowest BCUT2D eigenvalue weighted by molar-refractivity contribution is -0.112.